The van der Waals surface area contributed by atoms with Crippen molar-refractivity contribution in [2.75, 3.05) is 5.32 Å². The first kappa shape index (κ1) is 16.7. The number of nitrogens with one attached hydrogen (secondary N) is 1. The van der Waals surface area contributed by atoms with Crippen LogP contribution in [0.5, 0.6) is 0 Å². The summed E-state index contributed by atoms with van der Waals surface area (Å²) in [7, 11) is 0. The number of nitrogens with zero attached hydrogens (tertiary/aromatic N) is 3. The number of carboxylic acid groups (broad SMARTS) is 1. The van der Waals surface area contributed by atoms with Gasteiger partial charge in [0.15, 0.2) is 0 Å². The number of aromatic carboxylic acids is 1. The van der Waals surface area contributed by atoms with Crippen LogP contribution in [0.15, 0.2) is 24.4 Å². The molecular formula is C16H20N4O3. The Balaban J connectivity index is 2.29. The Labute approximate surface area is 134 Å². The van der Waals surface area contributed by atoms with Gasteiger partial charge in [-0.1, -0.05) is 20.8 Å². The number of hydrogen-bond donors (Lipinski definition) is 2. The average molecular weight is 316 g/mol. The van der Waals surface area contributed by atoms with E-state index in [1.807, 2.05) is 27.7 Å². The minimum Gasteiger partial charge on any atom is -0.478 e. The van der Waals surface area contributed by atoms with Gasteiger partial charge in [-0.05, 0) is 25.1 Å². The third kappa shape index (κ3) is 3.74. The van der Waals surface area contributed by atoms with E-state index in [0.717, 1.165) is 5.69 Å². The second-order valence-electron chi connectivity index (χ2n) is 6.17. The SMILES string of the molecule is CCn1nc(C(C)(C)C)cc1C(=O)Nc1cc(C(=O)O)ccn1. The number of anilines is 1. The number of rotatable bonds is 4. The summed E-state index contributed by atoms with van der Waals surface area (Å²) in [4.78, 5) is 27.4. The van der Waals surface area contributed by atoms with Crippen LogP contribution in [0.3, 0.4) is 0 Å². The molecule has 2 N–H and O–H groups in total. The third-order valence-corrected chi connectivity index (χ3v) is 3.33. The van der Waals surface area contributed by atoms with E-state index in [4.69, 9.17) is 5.11 Å². The van der Waals surface area contributed by atoms with Crippen LogP contribution in [0, 0.1) is 0 Å². The summed E-state index contributed by atoms with van der Waals surface area (Å²) in [5.74, 6) is -1.25. The van der Waals surface area contributed by atoms with Crippen molar-refractivity contribution in [3.05, 3.63) is 41.3 Å². The largest absolute Gasteiger partial charge is 0.478 e. The second-order valence-corrected chi connectivity index (χ2v) is 6.17. The summed E-state index contributed by atoms with van der Waals surface area (Å²) in [5.41, 5.74) is 1.13. The standard InChI is InChI=1S/C16H20N4O3/c1-5-20-11(9-12(19-20)16(2,3)4)14(21)18-13-8-10(15(22)23)6-7-17-13/h6-9H,5H2,1-4H3,(H,22,23)(H,17,18,21). The van der Waals surface area contributed by atoms with Gasteiger partial charge in [-0.2, -0.15) is 5.10 Å². The van der Waals surface area contributed by atoms with Crippen molar-refractivity contribution in [2.24, 2.45) is 0 Å². The molecule has 2 aromatic rings. The molecule has 7 nitrogen and oxygen atoms in total. The monoisotopic (exact) mass is 316 g/mol. The van der Waals surface area contributed by atoms with Crippen LogP contribution in [0.25, 0.3) is 0 Å². The molecule has 0 saturated heterocycles. The molecule has 122 valence electrons. The Hall–Kier alpha value is -2.70. The van der Waals surface area contributed by atoms with E-state index >= 15 is 0 Å². The van der Waals surface area contributed by atoms with Gasteiger partial charge in [0.25, 0.3) is 5.91 Å². The lowest BCUT2D eigenvalue weighted by atomic mass is 9.92. The summed E-state index contributed by atoms with van der Waals surface area (Å²) in [6.07, 6.45) is 1.34. The van der Waals surface area contributed by atoms with Crippen LogP contribution in [-0.2, 0) is 12.0 Å². The molecule has 0 bridgehead atoms. The number of aryl methyl sites for hydroxylation is 1. The first-order valence-electron chi connectivity index (χ1n) is 7.31. The van der Waals surface area contributed by atoms with Gasteiger partial charge in [-0.15, -0.1) is 0 Å². The van der Waals surface area contributed by atoms with Crippen LogP contribution in [-0.4, -0.2) is 31.7 Å². The summed E-state index contributed by atoms with van der Waals surface area (Å²) < 4.78 is 1.62. The summed E-state index contributed by atoms with van der Waals surface area (Å²) >= 11 is 0. The molecular weight excluding hydrogens is 296 g/mol. The molecule has 0 radical (unpaired) electrons. The molecule has 2 rings (SSSR count). The number of hydrogen-bond acceptors (Lipinski definition) is 4. The Morgan fingerprint density at radius 1 is 1.30 bits per heavy atom. The normalized spacial score (nSPS) is 11.3. The minimum atomic E-state index is -1.07. The first-order chi connectivity index (χ1) is 10.7. The zero-order chi connectivity index (χ0) is 17.2. The molecule has 0 aromatic carbocycles. The van der Waals surface area contributed by atoms with E-state index in [0.29, 0.717) is 12.2 Å². The fraction of sp³-hybridized carbons (Fsp3) is 0.375. The summed E-state index contributed by atoms with van der Waals surface area (Å²) in [5, 5.41) is 16.0. The summed E-state index contributed by atoms with van der Waals surface area (Å²) in [6, 6.07) is 4.43. The van der Waals surface area contributed by atoms with Gasteiger partial charge in [0.05, 0.1) is 11.3 Å². The predicted octanol–water partition coefficient (Wildman–Crippen LogP) is 2.55. The Kier molecular flexibility index (Phi) is 4.49. The molecule has 2 heterocycles. The molecule has 0 aliphatic rings. The van der Waals surface area contributed by atoms with Crippen molar-refractivity contribution < 1.29 is 14.7 Å². The van der Waals surface area contributed by atoms with Crippen LogP contribution in [0.2, 0.25) is 0 Å². The molecule has 23 heavy (non-hydrogen) atoms. The van der Waals surface area contributed by atoms with Gasteiger partial charge >= 0.3 is 5.97 Å². The minimum absolute atomic E-state index is 0.0645. The Bertz CT molecular complexity index is 744. The van der Waals surface area contributed by atoms with Gasteiger partial charge in [0, 0.05) is 18.2 Å². The highest BCUT2D eigenvalue weighted by atomic mass is 16.4. The van der Waals surface area contributed by atoms with Gasteiger partial charge in [0.1, 0.15) is 11.5 Å². The zero-order valence-corrected chi connectivity index (χ0v) is 13.6. The van der Waals surface area contributed by atoms with E-state index in [9.17, 15) is 9.59 Å². The topological polar surface area (TPSA) is 97.1 Å². The van der Waals surface area contributed by atoms with E-state index < -0.39 is 5.97 Å². The highest BCUT2D eigenvalue weighted by molar-refractivity contribution is 6.03. The molecule has 0 atom stereocenters. The van der Waals surface area contributed by atoms with E-state index in [1.54, 1.807) is 10.7 Å². The van der Waals surface area contributed by atoms with Gasteiger partial charge in [-0.25, -0.2) is 9.78 Å². The first-order valence-corrected chi connectivity index (χ1v) is 7.31. The molecule has 0 aliphatic heterocycles. The van der Waals surface area contributed by atoms with Gasteiger partial charge < -0.3 is 10.4 Å². The van der Waals surface area contributed by atoms with E-state index in [-0.39, 0.29) is 22.7 Å². The molecule has 0 unspecified atom stereocenters. The number of aromatic nitrogens is 3. The van der Waals surface area contributed by atoms with E-state index in [1.165, 1.54) is 18.3 Å². The van der Waals surface area contributed by atoms with Gasteiger partial charge in [-0.3, -0.25) is 9.48 Å². The molecule has 7 heteroatoms. The Morgan fingerprint density at radius 3 is 2.57 bits per heavy atom. The van der Waals surface area contributed by atoms with Crippen LogP contribution in [0.1, 0.15) is 54.2 Å². The molecule has 2 aromatic heterocycles. The predicted molar refractivity (Wildman–Crippen MR) is 85.8 cm³/mol. The fourth-order valence-corrected chi connectivity index (χ4v) is 2.02. The maximum absolute atomic E-state index is 12.5. The fourth-order valence-electron chi connectivity index (χ4n) is 2.02. The second kappa shape index (κ2) is 6.20. The number of pyridine rings is 1. The molecule has 0 spiro atoms. The molecule has 0 saturated carbocycles. The lowest BCUT2D eigenvalue weighted by Crippen LogP contribution is -2.18. The van der Waals surface area contributed by atoms with E-state index in [2.05, 4.69) is 15.4 Å². The van der Waals surface area contributed by atoms with Crippen LogP contribution < -0.4 is 5.32 Å². The average Bonchev–Trinajstić information content (AvgIpc) is 2.92. The Morgan fingerprint density at radius 2 is 2.00 bits per heavy atom. The van der Waals surface area contributed by atoms with Crippen LogP contribution >= 0.6 is 0 Å². The van der Waals surface area contributed by atoms with Crippen molar-refractivity contribution in [3.63, 3.8) is 0 Å². The number of carboxylic acids is 1. The van der Waals surface area contributed by atoms with Crippen molar-refractivity contribution >= 4 is 17.7 Å². The zero-order valence-electron chi connectivity index (χ0n) is 13.6. The molecule has 0 fully saturated rings. The molecule has 0 aliphatic carbocycles. The van der Waals surface area contributed by atoms with Crippen molar-refractivity contribution in [3.8, 4) is 0 Å². The van der Waals surface area contributed by atoms with Crippen molar-refractivity contribution in [1.82, 2.24) is 14.8 Å². The quantitative estimate of drug-likeness (QED) is 0.903. The number of amides is 1. The van der Waals surface area contributed by atoms with Crippen molar-refractivity contribution in [1.29, 1.82) is 0 Å². The third-order valence-electron chi connectivity index (χ3n) is 3.33. The smallest absolute Gasteiger partial charge is 0.335 e. The van der Waals surface area contributed by atoms with Crippen LogP contribution in [0.4, 0.5) is 5.82 Å². The lowest BCUT2D eigenvalue weighted by Gasteiger charge is -2.13. The van der Waals surface area contributed by atoms with Crippen molar-refractivity contribution in [2.45, 2.75) is 39.7 Å². The summed E-state index contributed by atoms with van der Waals surface area (Å²) in [6.45, 7) is 8.53. The highest BCUT2D eigenvalue weighted by Crippen LogP contribution is 2.22. The molecule has 1 amide bonds. The van der Waals surface area contributed by atoms with Gasteiger partial charge in [0.2, 0.25) is 0 Å². The maximum atomic E-state index is 12.5. The number of carbonyl (C=O) groups is 2. The maximum Gasteiger partial charge on any atom is 0.335 e. The lowest BCUT2D eigenvalue weighted by molar-refractivity contribution is 0.0696. The highest BCUT2D eigenvalue weighted by Gasteiger charge is 2.22. The number of carbonyl (C=O) groups excluding carboxylic acids is 1.